The molecule has 0 aliphatic carbocycles. The molecular formula is C11H12N4O3S3. The van der Waals surface area contributed by atoms with E-state index < -0.39 is 17.3 Å². The van der Waals surface area contributed by atoms with Crippen molar-refractivity contribution in [2.45, 2.75) is 22.9 Å². The van der Waals surface area contributed by atoms with Gasteiger partial charge >= 0.3 is 12.0 Å². The van der Waals surface area contributed by atoms with Gasteiger partial charge in [-0.25, -0.2) is 4.79 Å². The Labute approximate surface area is 132 Å². The van der Waals surface area contributed by atoms with Crippen LogP contribution in [0.1, 0.15) is 13.3 Å². The highest BCUT2D eigenvalue weighted by Gasteiger charge is 2.19. The lowest BCUT2D eigenvalue weighted by atomic mass is 10.3. The quantitative estimate of drug-likeness (QED) is 0.549. The van der Waals surface area contributed by atoms with Crippen LogP contribution in [0.15, 0.2) is 21.9 Å². The Morgan fingerprint density at radius 2 is 2.24 bits per heavy atom. The number of carbonyl (C=O) groups excluding carboxylic acids is 1. The van der Waals surface area contributed by atoms with E-state index in [1.807, 2.05) is 11.4 Å². The second kappa shape index (κ2) is 7.38. The lowest BCUT2D eigenvalue weighted by Crippen LogP contribution is -2.18. The molecule has 0 aliphatic heterocycles. The van der Waals surface area contributed by atoms with E-state index in [2.05, 4.69) is 20.8 Å². The van der Waals surface area contributed by atoms with E-state index in [4.69, 9.17) is 5.11 Å². The van der Waals surface area contributed by atoms with Crippen LogP contribution in [0.3, 0.4) is 0 Å². The van der Waals surface area contributed by atoms with Crippen molar-refractivity contribution >= 4 is 56.6 Å². The molecule has 2 aromatic heterocycles. The predicted octanol–water partition coefficient (Wildman–Crippen LogP) is 3.20. The van der Waals surface area contributed by atoms with E-state index in [1.165, 1.54) is 11.3 Å². The van der Waals surface area contributed by atoms with Gasteiger partial charge in [-0.2, -0.15) is 0 Å². The number of amides is 2. The van der Waals surface area contributed by atoms with E-state index >= 15 is 0 Å². The van der Waals surface area contributed by atoms with Crippen molar-refractivity contribution in [1.29, 1.82) is 0 Å². The first-order chi connectivity index (χ1) is 10.1. The van der Waals surface area contributed by atoms with Gasteiger partial charge in [0, 0.05) is 0 Å². The first-order valence-electron chi connectivity index (χ1n) is 5.93. The molecule has 0 radical (unpaired) electrons. The number of urea groups is 1. The van der Waals surface area contributed by atoms with Crippen LogP contribution < -0.4 is 10.6 Å². The molecule has 2 aromatic rings. The summed E-state index contributed by atoms with van der Waals surface area (Å²) in [5, 5.41) is 24.2. The molecule has 0 spiro atoms. The van der Waals surface area contributed by atoms with E-state index in [1.54, 1.807) is 13.0 Å². The SMILES string of the molecule is CC[C@H](Sc1nnc(NC(=O)Nc2cccs2)s1)C(=O)O. The van der Waals surface area contributed by atoms with Crippen LogP contribution in [0, 0.1) is 0 Å². The molecule has 3 N–H and O–H groups in total. The second-order valence-corrected chi connectivity index (χ2v) is 7.16. The summed E-state index contributed by atoms with van der Waals surface area (Å²) >= 11 is 3.68. The number of carboxylic acids is 1. The Morgan fingerprint density at radius 3 is 2.86 bits per heavy atom. The van der Waals surface area contributed by atoms with Crippen molar-refractivity contribution in [3.05, 3.63) is 17.5 Å². The molecule has 21 heavy (non-hydrogen) atoms. The number of thiophene rings is 1. The Kier molecular flexibility index (Phi) is 5.53. The normalized spacial score (nSPS) is 11.9. The summed E-state index contributed by atoms with van der Waals surface area (Å²) in [6, 6.07) is 3.21. The average molecular weight is 344 g/mol. The molecule has 2 amide bonds. The van der Waals surface area contributed by atoms with Crippen LogP contribution in [-0.4, -0.2) is 32.6 Å². The van der Waals surface area contributed by atoms with Crippen molar-refractivity contribution in [3.8, 4) is 0 Å². The fraction of sp³-hybridized carbons (Fsp3) is 0.273. The number of rotatable bonds is 6. The Morgan fingerprint density at radius 1 is 1.43 bits per heavy atom. The van der Waals surface area contributed by atoms with Gasteiger partial charge in [-0.3, -0.25) is 15.4 Å². The van der Waals surface area contributed by atoms with Gasteiger partial charge in [0.05, 0.1) is 5.00 Å². The summed E-state index contributed by atoms with van der Waals surface area (Å²) in [6.07, 6.45) is 0.487. The van der Waals surface area contributed by atoms with Gasteiger partial charge in [0.2, 0.25) is 5.13 Å². The monoisotopic (exact) mass is 344 g/mol. The number of hydrogen-bond acceptors (Lipinski definition) is 7. The molecule has 0 bridgehead atoms. The van der Waals surface area contributed by atoms with Crippen LogP contribution in [0.25, 0.3) is 0 Å². The maximum Gasteiger partial charge on any atom is 0.326 e. The third-order valence-electron chi connectivity index (χ3n) is 2.27. The summed E-state index contributed by atoms with van der Waals surface area (Å²) < 4.78 is 0.510. The number of anilines is 2. The zero-order chi connectivity index (χ0) is 15.2. The molecule has 1 atom stereocenters. The van der Waals surface area contributed by atoms with Crippen LogP contribution in [0.2, 0.25) is 0 Å². The van der Waals surface area contributed by atoms with Gasteiger partial charge in [0.15, 0.2) is 4.34 Å². The number of aliphatic carboxylic acids is 1. The first kappa shape index (κ1) is 15.7. The standard InChI is InChI=1S/C11H12N4O3S3/c1-2-6(8(16)17)20-11-15-14-10(21-11)13-9(18)12-7-4-3-5-19-7/h3-6H,2H2,1H3,(H,16,17)(H2,12,13,14,18)/t6-/m0/s1. The Balaban J connectivity index is 1.90. The molecule has 0 unspecified atom stereocenters. The Bertz CT molecular complexity index is 614. The van der Waals surface area contributed by atoms with Crippen LogP contribution in [-0.2, 0) is 4.79 Å². The van der Waals surface area contributed by atoms with E-state index in [-0.39, 0.29) is 0 Å². The van der Waals surface area contributed by atoms with Crippen molar-refractivity contribution in [3.63, 3.8) is 0 Å². The number of carboxylic acid groups (broad SMARTS) is 1. The lowest BCUT2D eigenvalue weighted by Gasteiger charge is -2.05. The fourth-order valence-electron chi connectivity index (χ4n) is 1.33. The minimum Gasteiger partial charge on any atom is -0.480 e. The summed E-state index contributed by atoms with van der Waals surface area (Å²) in [5.41, 5.74) is 0. The second-order valence-electron chi connectivity index (χ2n) is 3.78. The van der Waals surface area contributed by atoms with Crippen molar-refractivity contribution in [1.82, 2.24) is 10.2 Å². The van der Waals surface area contributed by atoms with Crippen molar-refractivity contribution < 1.29 is 14.7 Å². The van der Waals surface area contributed by atoms with E-state index in [0.29, 0.717) is 15.9 Å². The number of nitrogens with one attached hydrogen (secondary N) is 2. The minimum absolute atomic E-state index is 0.326. The highest BCUT2D eigenvalue weighted by Crippen LogP contribution is 2.30. The van der Waals surface area contributed by atoms with E-state index in [0.717, 1.165) is 28.1 Å². The van der Waals surface area contributed by atoms with Gasteiger partial charge < -0.3 is 5.11 Å². The molecule has 0 saturated carbocycles. The lowest BCUT2D eigenvalue weighted by molar-refractivity contribution is -0.136. The largest absolute Gasteiger partial charge is 0.480 e. The third-order valence-corrected chi connectivity index (χ3v) is 5.33. The van der Waals surface area contributed by atoms with Crippen LogP contribution in [0.5, 0.6) is 0 Å². The highest BCUT2D eigenvalue weighted by atomic mass is 32.2. The van der Waals surface area contributed by atoms with E-state index in [9.17, 15) is 9.59 Å². The molecule has 2 heterocycles. The fourth-order valence-corrected chi connectivity index (χ4v) is 3.79. The number of hydrogen-bond donors (Lipinski definition) is 3. The van der Waals surface area contributed by atoms with Crippen LogP contribution >= 0.6 is 34.4 Å². The van der Waals surface area contributed by atoms with Gasteiger partial charge in [0.25, 0.3) is 0 Å². The van der Waals surface area contributed by atoms with Crippen molar-refractivity contribution in [2.75, 3.05) is 10.6 Å². The predicted molar refractivity (Wildman–Crippen MR) is 84.4 cm³/mol. The number of thioether (sulfide) groups is 1. The van der Waals surface area contributed by atoms with Gasteiger partial charge in [-0.1, -0.05) is 30.0 Å². The molecule has 0 aliphatic rings. The molecule has 112 valence electrons. The minimum atomic E-state index is -0.886. The van der Waals surface area contributed by atoms with Gasteiger partial charge in [-0.05, 0) is 23.9 Å². The van der Waals surface area contributed by atoms with Crippen LogP contribution in [0.4, 0.5) is 14.9 Å². The summed E-state index contributed by atoms with van der Waals surface area (Å²) in [4.78, 5) is 22.7. The molecule has 0 saturated heterocycles. The number of aromatic nitrogens is 2. The zero-order valence-corrected chi connectivity index (χ0v) is 13.3. The first-order valence-corrected chi connectivity index (χ1v) is 8.50. The zero-order valence-electron chi connectivity index (χ0n) is 10.9. The van der Waals surface area contributed by atoms with Gasteiger partial charge in [-0.15, -0.1) is 21.5 Å². The molecule has 7 nitrogen and oxygen atoms in total. The molecule has 0 fully saturated rings. The maximum absolute atomic E-state index is 11.7. The number of nitrogens with zero attached hydrogens (tertiary/aromatic N) is 2. The maximum atomic E-state index is 11.7. The summed E-state index contributed by atoms with van der Waals surface area (Å²) in [6.45, 7) is 1.79. The topological polar surface area (TPSA) is 104 Å². The summed E-state index contributed by atoms with van der Waals surface area (Å²) in [5.74, 6) is -0.886. The third kappa shape index (κ3) is 4.69. The number of carbonyl (C=O) groups is 2. The smallest absolute Gasteiger partial charge is 0.326 e. The van der Waals surface area contributed by atoms with Crippen molar-refractivity contribution in [2.24, 2.45) is 0 Å². The molecular weight excluding hydrogens is 332 g/mol. The highest BCUT2D eigenvalue weighted by molar-refractivity contribution is 8.02. The molecule has 0 aromatic carbocycles. The Hall–Kier alpha value is -1.65. The molecule has 10 heteroatoms. The average Bonchev–Trinajstić information content (AvgIpc) is 3.07. The molecule has 2 rings (SSSR count). The van der Waals surface area contributed by atoms with Gasteiger partial charge in [0.1, 0.15) is 5.25 Å². The summed E-state index contributed by atoms with van der Waals surface area (Å²) in [7, 11) is 0.